The number of aromatic nitrogens is 3. The van der Waals surface area contributed by atoms with Gasteiger partial charge in [-0.3, -0.25) is 9.36 Å². The van der Waals surface area contributed by atoms with Gasteiger partial charge in [-0.25, -0.2) is 5.43 Å². The van der Waals surface area contributed by atoms with E-state index in [-0.39, 0.29) is 17.4 Å². The molecule has 2 N–H and O–H groups in total. The standard InChI is InChI=1S/C25H21Br2N5O4S/c1-35-20-9-8-15(11-21(20)36-2)24-30-31-25(32(24)18-6-4-3-5-7-18)37-14-22(33)29-28-13-16-10-17(26)12-19(27)23(16)34/h3-13,34H,14H2,1-2H3,(H,29,33)/b28-13+. The molecule has 0 atom stereocenters. The highest BCUT2D eigenvalue weighted by Crippen LogP contribution is 2.34. The van der Waals surface area contributed by atoms with Gasteiger partial charge in [0.15, 0.2) is 22.5 Å². The Bertz CT molecular complexity index is 1450. The lowest BCUT2D eigenvalue weighted by molar-refractivity contribution is -0.118. The van der Waals surface area contributed by atoms with E-state index in [1.54, 1.807) is 32.4 Å². The van der Waals surface area contributed by atoms with E-state index >= 15 is 0 Å². The number of hydrazone groups is 1. The predicted octanol–water partition coefficient (Wildman–Crippen LogP) is 5.42. The Morgan fingerprint density at radius 1 is 1.08 bits per heavy atom. The second-order valence-electron chi connectivity index (χ2n) is 7.45. The van der Waals surface area contributed by atoms with Gasteiger partial charge in [-0.1, -0.05) is 45.9 Å². The largest absolute Gasteiger partial charge is 0.506 e. The van der Waals surface area contributed by atoms with E-state index in [4.69, 9.17) is 9.47 Å². The first kappa shape index (κ1) is 26.7. The molecule has 0 saturated carbocycles. The van der Waals surface area contributed by atoms with Crippen LogP contribution in [0.15, 0.2) is 79.9 Å². The van der Waals surface area contributed by atoms with Gasteiger partial charge in [-0.15, -0.1) is 10.2 Å². The maximum atomic E-state index is 12.5. The van der Waals surface area contributed by atoms with Crippen LogP contribution in [0.5, 0.6) is 17.2 Å². The molecule has 1 heterocycles. The molecule has 0 aliphatic heterocycles. The van der Waals surface area contributed by atoms with Crippen molar-refractivity contribution in [1.82, 2.24) is 20.2 Å². The maximum absolute atomic E-state index is 12.5. The van der Waals surface area contributed by atoms with E-state index in [9.17, 15) is 9.90 Å². The van der Waals surface area contributed by atoms with Gasteiger partial charge in [-0.05, 0) is 58.4 Å². The Kier molecular flexibility index (Phi) is 8.85. The number of nitrogens with one attached hydrogen (secondary N) is 1. The number of aromatic hydroxyl groups is 1. The SMILES string of the molecule is COc1ccc(-c2nnc(SCC(=O)N/N=C/c3cc(Br)cc(Br)c3O)n2-c2ccccc2)cc1OC. The Morgan fingerprint density at radius 3 is 2.57 bits per heavy atom. The van der Waals surface area contributed by atoms with Crippen LogP contribution in [0.2, 0.25) is 0 Å². The summed E-state index contributed by atoms with van der Waals surface area (Å²) in [4.78, 5) is 12.5. The third-order valence-corrected chi connectivity index (χ3v) is 7.06. The van der Waals surface area contributed by atoms with Crippen molar-refractivity contribution in [3.05, 3.63) is 75.2 Å². The fourth-order valence-corrected chi connectivity index (χ4v) is 5.36. The van der Waals surface area contributed by atoms with E-state index < -0.39 is 0 Å². The van der Waals surface area contributed by atoms with Gasteiger partial charge in [0.05, 0.1) is 30.7 Å². The van der Waals surface area contributed by atoms with Gasteiger partial charge >= 0.3 is 0 Å². The van der Waals surface area contributed by atoms with Crippen LogP contribution in [0.25, 0.3) is 17.1 Å². The van der Waals surface area contributed by atoms with Crippen LogP contribution < -0.4 is 14.9 Å². The number of carbonyl (C=O) groups excluding carboxylic acids is 1. The van der Waals surface area contributed by atoms with Crippen LogP contribution in [0, 0.1) is 0 Å². The van der Waals surface area contributed by atoms with Gasteiger partial charge < -0.3 is 14.6 Å². The van der Waals surface area contributed by atoms with Gasteiger partial charge in [0, 0.05) is 21.3 Å². The van der Waals surface area contributed by atoms with Crippen molar-refractivity contribution in [2.24, 2.45) is 5.10 Å². The summed E-state index contributed by atoms with van der Waals surface area (Å²) in [6.45, 7) is 0. The molecular formula is C25H21Br2N5O4S. The quantitative estimate of drug-likeness (QED) is 0.142. The number of hydrogen-bond donors (Lipinski definition) is 2. The number of phenols is 1. The number of para-hydroxylation sites is 1. The lowest BCUT2D eigenvalue weighted by Crippen LogP contribution is -2.20. The van der Waals surface area contributed by atoms with Crippen molar-refractivity contribution in [2.45, 2.75) is 5.16 Å². The molecule has 9 nitrogen and oxygen atoms in total. The van der Waals surface area contributed by atoms with Gasteiger partial charge in [0.2, 0.25) is 0 Å². The zero-order chi connectivity index (χ0) is 26.4. The Balaban J connectivity index is 1.54. The Hall–Kier alpha value is -3.35. The highest BCUT2D eigenvalue weighted by atomic mass is 79.9. The van der Waals surface area contributed by atoms with E-state index in [1.165, 1.54) is 18.0 Å². The Morgan fingerprint density at radius 2 is 1.84 bits per heavy atom. The molecule has 190 valence electrons. The number of phenolic OH excluding ortho intramolecular Hbond substituents is 1. The van der Waals surface area contributed by atoms with Crippen molar-refractivity contribution < 1.29 is 19.4 Å². The summed E-state index contributed by atoms with van der Waals surface area (Å²) in [6.07, 6.45) is 1.37. The van der Waals surface area contributed by atoms with Crippen LogP contribution in [-0.4, -0.2) is 52.0 Å². The molecule has 37 heavy (non-hydrogen) atoms. The minimum absolute atomic E-state index is 0.0224. The lowest BCUT2D eigenvalue weighted by Gasteiger charge is -2.12. The third-order valence-electron chi connectivity index (χ3n) is 5.07. The van der Waals surface area contributed by atoms with Crippen molar-refractivity contribution in [3.8, 4) is 34.3 Å². The number of thioether (sulfide) groups is 1. The number of methoxy groups -OCH3 is 2. The monoisotopic (exact) mass is 645 g/mol. The summed E-state index contributed by atoms with van der Waals surface area (Å²) >= 11 is 7.84. The summed E-state index contributed by atoms with van der Waals surface area (Å²) in [7, 11) is 3.15. The Labute approximate surface area is 234 Å². The number of carbonyl (C=O) groups is 1. The van der Waals surface area contributed by atoms with E-state index in [0.29, 0.717) is 32.5 Å². The first-order chi connectivity index (χ1) is 17.9. The lowest BCUT2D eigenvalue weighted by atomic mass is 10.2. The van der Waals surface area contributed by atoms with E-state index in [2.05, 4.69) is 52.6 Å². The average Bonchev–Trinajstić information content (AvgIpc) is 3.34. The number of rotatable bonds is 9. The summed E-state index contributed by atoms with van der Waals surface area (Å²) in [5.41, 5.74) is 4.53. The molecule has 0 aliphatic rings. The van der Waals surface area contributed by atoms with Crippen molar-refractivity contribution >= 4 is 55.7 Å². The normalized spacial score (nSPS) is 11.0. The summed E-state index contributed by atoms with van der Waals surface area (Å²) in [5.74, 6) is 1.48. The fraction of sp³-hybridized carbons (Fsp3) is 0.120. The molecule has 4 rings (SSSR count). The molecule has 0 radical (unpaired) electrons. The number of halogens is 2. The number of nitrogens with zero attached hydrogens (tertiary/aromatic N) is 4. The van der Waals surface area contributed by atoms with Gasteiger partial charge in [0.25, 0.3) is 5.91 Å². The second kappa shape index (κ2) is 12.3. The highest BCUT2D eigenvalue weighted by Gasteiger charge is 2.19. The molecule has 4 aromatic rings. The molecule has 0 saturated heterocycles. The number of amides is 1. The first-order valence-corrected chi connectivity index (χ1v) is 13.3. The minimum Gasteiger partial charge on any atom is -0.506 e. The molecule has 1 aromatic heterocycles. The number of hydrogen-bond acceptors (Lipinski definition) is 8. The van der Waals surface area contributed by atoms with Crippen molar-refractivity contribution in [3.63, 3.8) is 0 Å². The average molecular weight is 647 g/mol. The number of benzene rings is 3. The zero-order valence-electron chi connectivity index (χ0n) is 19.7. The molecule has 0 aliphatic carbocycles. The topological polar surface area (TPSA) is 111 Å². The van der Waals surface area contributed by atoms with Gasteiger partial charge in [0.1, 0.15) is 5.75 Å². The molecule has 0 unspecified atom stereocenters. The number of ether oxygens (including phenoxy) is 2. The van der Waals surface area contributed by atoms with Crippen molar-refractivity contribution in [1.29, 1.82) is 0 Å². The molecule has 0 spiro atoms. The summed E-state index contributed by atoms with van der Waals surface area (Å²) < 4.78 is 13.9. The van der Waals surface area contributed by atoms with Crippen LogP contribution in [0.4, 0.5) is 0 Å². The molecule has 0 fully saturated rings. The predicted molar refractivity (Wildman–Crippen MR) is 150 cm³/mol. The minimum atomic E-state index is -0.343. The van der Waals surface area contributed by atoms with Crippen molar-refractivity contribution in [2.75, 3.05) is 20.0 Å². The maximum Gasteiger partial charge on any atom is 0.250 e. The molecule has 0 bridgehead atoms. The summed E-state index contributed by atoms with van der Waals surface area (Å²) in [5, 5.41) is 23.4. The highest BCUT2D eigenvalue weighted by molar-refractivity contribution is 9.11. The van der Waals surface area contributed by atoms with E-state index in [0.717, 1.165) is 15.7 Å². The second-order valence-corrected chi connectivity index (χ2v) is 10.2. The molecular weight excluding hydrogens is 626 g/mol. The summed E-state index contributed by atoms with van der Waals surface area (Å²) in [6, 6.07) is 18.5. The van der Waals surface area contributed by atoms with Gasteiger partial charge in [-0.2, -0.15) is 5.10 Å². The fourth-order valence-electron chi connectivity index (χ4n) is 3.36. The van der Waals surface area contributed by atoms with Crippen LogP contribution in [-0.2, 0) is 4.79 Å². The van der Waals surface area contributed by atoms with Crippen LogP contribution in [0.1, 0.15) is 5.56 Å². The van der Waals surface area contributed by atoms with Crippen LogP contribution in [0.3, 0.4) is 0 Å². The first-order valence-electron chi connectivity index (χ1n) is 10.8. The molecule has 1 amide bonds. The van der Waals surface area contributed by atoms with Crippen LogP contribution >= 0.6 is 43.6 Å². The zero-order valence-corrected chi connectivity index (χ0v) is 23.7. The third kappa shape index (κ3) is 6.32. The smallest absolute Gasteiger partial charge is 0.250 e. The molecule has 3 aromatic carbocycles. The van der Waals surface area contributed by atoms with E-state index in [1.807, 2.05) is 47.0 Å². The molecule has 12 heteroatoms.